The largest absolute Gasteiger partial charge is 0.376 e. The van der Waals surface area contributed by atoms with Crippen LogP contribution < -0.4 is 0 Å². The van der Waals surface area contributed by atoms with Gasteiger partial charge in [0, 0.05) is 5.56 Å². The van der Waals surface area contributed by atoms with E-state index < -0.39 is 10.1 Å². The van der Waals surface area contributed by atoms with Crippen molar-refractivity contribution in [2.24, 2.45) is 0 Å². The van der Waals surface area contributed by atoms with Gasteiger partial charge in [-0.3, -0.25) is 4.18 Å². The minimum Gasteiger partial charge on any atom is -0.376 e. The van der Waals surface area contributed by atoms with E-state index in [9.17, 15) is 8.42 Å². The molecule has 0 amide bonds. The van der Waals surface area contributed by atoms with Crippen molar-refractivity contribution in [1.29, 1.82) is 0 Å². The second-order valence-electron chi connectivity index (χ2n) is 4.10. The van der Waals surface area contributed by atoms with Crippen LogP contribution in [0.25, 0.3) is 0 Å². The summed E-state index contributed by atoms with van der Waals surface area (Å²) in [5.74, 6) is 0. The predicted octanol–water partition coefficient (Wildman–Crippen LogP) is 1.42. The van der Waals surface area contributed by atoms with Gasteiger partial charge < -0.3 is 9.47 Å². The second-order valence-corrected chi connectivity index (χ2v) is 5.78. The van der Waals surface area contributed by atoms with Crippen LogP contribution in [0.15, 0.2) is 23.1 Å². The Morgan fingerprint density at radius 1 is 1.33 bits per heavy atom. The Kier molecular flexibility index (Phi) is 4.01. The molecule has 100 valence electrons. The average Bonchev–Trinajstić information content (AvgIpc) is 2.39. The van der Waals surface area contributed by atoms with Crippen LogP contribution in [0.5, 0.6) is 0 Å². The molecule has 1 saturated heterocycles. The van der Waals surface area contributed by atoms with Gasteiger partial charge in [-0.1, -0.05) is 17.7 Å². The Bertz CT molecular complexity index is 517. The van der Waals surface area contributed by atoms with E-state index in [1.165, 1.54) is 0 Å². The molecule has 1 heterocycles. The van der Waals surface area contributed by atoms with Crippen molar-refractivity contribution in [3.8, 4) is 0 Å². The number of benzene rings is 1. The highest BCUT2D eigenvalue weighted by atomic mass is 32.2. The van der Waals surface area contributed by atoms with E-state index in [0.29, 0.717) is 25.4 Å². The van der Waals surface area contributed by atoms with Crippen molar-refractivity contribution < 1.29 is 22.1 Å². The fourth-order valence-corrected chi connectivity index (χ4v) is 2.80. The molecule has 1 fully saturated rings. The molecule has 1 aliphatic heterocycles. The van der Waals surface area contributed by atoms with E-state index in [1.807, 2.05) is 6.92 Å². The van der Waals surface area contributed by atoms with E-state index >= 15 is 0 Å². The van der Waals surface area contributed by atoms with Crippen LogP contribution in [0, 0.1) is 6.92 Å². The Morgan fingerprint density at radius 2 is 2.11 bits per heavy atom. The topological polar surface area (TPSA) is 61.8 Å². The lowest BCUT2D eigenvalue weighted by molar-refractivity contribution is -0.0912. The summed E-state index contributed by atoms with van der Waals surface area (Å²) >= 11 is 0. The van der Waals surface area contributed by atoms with Crippen molar-refractivity contribution in [3.05, 3.63) is 29.3 Å². The zero-order valence-electron chi connectivity index (χ0n) is 10.4. The summed E-state index contributed by atoms with van der Waals surface area (Å²) in [6.07, 6.45) is -0.362. The third-order valence-corrected chi connectivity index (χ3v) is 4.17. The van der Waals surface area contributed by atoms with Gasteiger partial charge in [-0.25, -0.2) is 0 Å². The van der Waals surface area contributed by atoms with E-state index in [0.717, 1.165) is 12.7 Å². The lowest BCUT2D eigenvalue weighted by Gasteiger charge is -2.25. The fraction of sp³-hybridized carbons (Fsp3) is 0.500. The average molecular weight is 272 g/mol. The molecule has 2 rings (SSSR count). The van der Waals surface area contributed by atoms with Crippen LogP contribution in [-0.4, -0.2) is 35.3 Å². The molecule has 1 unspecified atom stereocenters. The number of rotatable bonds is 3. The fourth-order valence-electron chi connectivity index (χ4n) is 1.90. The van der Waals surface area contributed by atoms with Gasteiger partial charge >= 0.3 is 0 Å². The second kappa shape index (κ2) is 5.36. The normalized spacial score (nSPS) is 20.9. The number of ether oxygens (including phenoxy) is 2. The van der Waals surface area contributed by atoms with E-state index in [1.54, 1.807) is 18.2 Å². The maximum absolute atomic E-state index is 11.9. The van der Waals surface area contributed by atoms with Gasteiger partial charge in [0.2, 0.25) is 0 Å². The van der Waals surface area contributed by atoms with E-state index in [2.05, 4.69) is 4.18 Å². The first-order valence-electron chi connectivity index (χ1n) is 5.65. The molecule has 1 aliphatic rings. The van der Waals surface area contributed by atoms with Crippen LogP contribution in [0.3, 0.4) is 0 Å². The quantitative estimate of drug-likeness (QED) is 0.779. The van der Waals surface area contributed by atoms with E-state index in [4.69, 9.17) is 9.47 Å². The molecule has 1 aromatic rings. The first-order chi connectivity index (χ1) is 8.54. The highest BCUT2D eigenvalue weighted by Crippen LogP contribution is 2.29. The Balaban J connectivity index is 2.46. The van der Waals surface area contributed by atoms with Crippen molar-refractivity contribution in [1.82, 2.24) is 0 Å². The minimum atomic E-state index is -3.73. The van der Waals surface area contributed by atoms with Crippen molar-refractivity contribution in [2.45, 2.75) is 17.9 Å². The molecule has 0 saturated carbocycles. The zero-order valence-corrected chi connectivity index (χ0v) is 11.2. The Labute approximate surface area is 107 Å². The first-order valence-corrected chi connectivity index (χ1v) is 7.06. The van der Waals surface area contributed by atoms with Gasteiger partial charge in [0.05, 0.1) is 31.8 Å². The number of aryl methyl sites for hydroxylation is 1. The highest BCUT2D eigenvalue weighted by molar-refractivity contribution is 7.86. The molecule has 1 atom stereocenters. The predicted molar refractivity (Wildman–Crippen MR) is 64.9 cm³/mol. The number of hydrogen-bond acceptors (Lipinski definition) is 5. The van der Waals surface area contributed by atoms with Crippen LogP contribution in [0.4, 0.5) is 0 Å². The molecule has 0 aliphatic carbocycles. The lowest BCUT2D eigenvalue weighted by atomic mass is 10.1. The summed E-state index contributed by atoms with van der Waals surface area (Å²) in [6.45, 7) is 3.26. The highest BCUT2D eigenvalue weighted by Gasteiger charge is 2.26. The van der Waals surface area contributed by atoms with Gasteiger partial charge in [-0.2, -0.15) is 8.42 Å². The molecule has 0 aromatic heterocycles. The maximum atomic E-state index is 11.9. The van der Waals surface area contributed by atoms with Crippen LogP contribution in [0.1, 0.15) is 17.2 Å². The molecule has 0 radical (unpaired) electrons. The van der Waals surface area contributed by atoms with Crippen molar-refractivity contribution >= 4 is 10.1 Å². The molecular weight excluding hydrogens is 256 g/mol. The maximum Gasteiger partial charge on any atom is 0.297 e. The molecule has 18 heavy (non-hydrogen) atoms. The van der Waals surface area contributed by atoms with Gasteiger partial charge in [0.1, 0.15) is 6.10 Å². The van der Waals surface area contributed by atoms with Crippen LogP contribution in [-0.2, 0) is 23.8 Å². The van der Waals surface area contributed by atoms with Crippen LogP contribution >= 0.6 is 0 Å². The van der Waals surface area contributed by atoms with E-state index in [-0.39, 0.29) is 11.0 Å². The summed E-state index contributed by atoms with van der Waals surface area (Å²) < 4.78 is 39.2. The van der Waals surface area contributed by atoms with Crippen LogP contribution in [0.2, 0.25) is 0 Å². The minimum absolute atomic E-state index is 0.145. The standard InChI is InChI=1S/C12H16O5S/c1-9-3-4-12(18(13,14)15-2)10(7-9)11-8-16-5-6-17-11/h3-4,7,11H,5-6,8H2,1-2H3. The molecule has 5 nitrogen and oxygen atoms in total. The first kappa shape index (κ1) is 13.5. The summed E-state index contributed by atoms with van der Waals surface area (Å²) in [6, 6.07) is 5.08. The van der Waals surface area contributed by atoms with Gasteiger partial charge in [-0.15, -0.1) is 0 Å². The Morgan fingerprint density at radius 3 is 2.72 bits per heavy atom. The summed E-state index contributed by atoms with van der Waals surface area (Å²) in [4.78, 5) is 0.145. The third-order valence-electron chi connectivity index (χ3n) is 2.82. The van der Waals surface area contributed by atoms with Crippen molar-refractivity contribution in [3.63, 3.8) is 0 Å². The zero-order chi connectivity index (χ0) is 13.2. The molecule has 6 heteroatoms. The monoisotopic (exact) mass is 272 g/mol. The Hall–Kier alpha value is -0.950. The molecule has 0 spiro atoms. The summed E-state index contributed by atoms with van der Waals surface area (Å²) in [5, 5.41) is 0. The van der Waals surface area contributed by atoms with Gasteiger partial charge in [-0.05, 0) is 13.0 Å². The number of hydrogen-bond donors (Lipinski definition) is 0. The smallest absolute Gasteiger partial charge is 0.297 e. The molecule has 0 N–H and O–H groups in total. The third kappa shape index (κ3) is 2.72. The summed E-state index contributed by atoms with van der Waals surface area (Å²) in [5.41, 5.74) is 1.56. The summed E-state index contributed by atoms with van der Waals surface area (Å²) in [7, 11) is -2.58. The van der Waals surface area contributed by atoms with Crippen molar-refractivity contribution in [2.75, 3.05) is 26.9 Å². The molecule has 0 bridgehead atoms. The SMILES string of the molecule is COS(=O)(=O)c1ccc(C)cc1C1COCCO1. The molecular formula is C12H16O5S. The molecule has 1 aromatic carbocycles. The van der Waals surface area contributed by atoms with Gasteiger partial charge in [0.15, 0.2) is 0 Å². The lowest BCUT2D eigenvalue weighted by Crippen LogP contribution is -2.23. The van der Waals surface area contributed by atoms with Gasteiger partial charge in [0.25, 0.3) is 10.1 Å².